The summed E-state index contributed by atoms with van der Waals surface area (Å²) in [7, 11) is 3.16. The summed E-state index contributed by atoms with van der Waals surface area (Å²) in [5.41, 5.74) is 1.61. The number of aryl methyl sites for hydroxylation is 1. The third-order valence-electron chi connectivity index (χ3n) is 6.32. The molecule has 218 valence electrons. The molecule has 0 bridgehead atoms. The van der Waals surface area contributed by atoms with Gasteiger partial charge >= 0.3 is 0 Å². The van der Waals surface area contributed by atoms with Gasteiger partial charge in [-0.2, -0.15) is 11.8 Å². The van der Waals surface area contributed by atoms with Crippen molar-refractivity contribution in [2.24, 2.45) is 0 Å². The molecule has 0 aliphatic carbocycles. The minimum Gasteiger partial charge on any atom is -0.496 e. The van der Waals surface area contributed by atoms with Crippen molar-refractivity contribution in [2.75, 3.05) is 25.7 Å². The number of Topliss-reactive ketones (excluding diaryl/α,β-unsaturated/α-hetero) is 1. The van der Waals surface area contributed by atoms with Crippen molar-refractivity contribution < 1.29 is 19.1 Å². The van der Waals surface area contributed by atoms with Crippen LogP contribution in [0.4, 0.5) is 0 Å². The number of aromatic nitrogens is 2. The van der Waals surface area contributed by atoms with Gasteiger partial charge in [-0.05, 0) is 42.3 Å². The van der Waals surface area contributed by atoms with Crippen molar-refractivity contribution in [2.45, 2.75) is 44.9 Å². The summed E-state index contributed by atoms with van der Waals surface area (Å²) in [5, 5.41) is 29.1. The number of amides is 1. The van der Waals surface area contributed by atoms with Crippen LogP contribution in [0.5, 0.6) is 11.5 Å². The van der Waals surface area contributed by atoms with Crippen molar-refractivity contribution >= 4 is 56.8 Å². The van der Waals surface area contributed by atoms with Crippen LogP contribution < -0.4 is 14.8 Å². The summed E-state index contributed by atoms with van der Waals surface area (Å²) < 4.78 is 10.7. The van der Waals surface area contributed by atoms with E-state index in [0.717, 1.165) is 40.1 Å². The van der Waals surface area contributed by atoms with Gasteiger partial charge in [-0.15, -0.1) is 21.5 Å². The number of rotatable bonds is 14. The van der Waals surface area contributed by atoms with Gasteiger partial charge < -0.3 is 14.8 Å². The lowest BCUT2D eigenvalue weighted by Gasteiger charge is -2.15. The topological polar surface area (TPSA) is 138 Å². The van der Waals surface area contributed by atoms with Crippen LogP contribution >= 0.6 is 34.9 Å². The van der Waals surface area contributed by atoms with E-state index in [9.17, 15) is 9.59 Å². The molecule has 2 atom stereocenters. The molecule has 12 heteroatoms. The largest absolute Gasteiger partial charge is 0.496 e. The maximum atomic E-state index is 12.8. The highest BCUT2D eigenvalue weighted by atomic mass is 32.2. The van der Waals surface area contributed by atoms with Crippen molar-refractivity contribution in [3.8, 4) is 11.5 Å². The highest BCUT2D eigenvalue weighted by molar-refractivity contribution is 8.26. The predicted octanol–water partition coefficient (Wildman–Crippen LogP) is 5.70. The SMILES string of the molecule is COc1ccccc1C(C)C(=O)Cc1nnc(CCSCCC(=N)SC(=N)NC(=O)C(C)c2ccccc2OC)s1. The Morgan fingerprint density at radius 3 is 2.12 bits per heavy atom. The molecule has 2 aromatic carbocycles. The Labute approximate surface area is 253 Å². The zero-order valence-electron chi connectivity index (χ0n) is 23.6. The number of nitrogens with zero attached hydrogens (tertiary/aromatic N) is 2. The molecule has 0 aliphatic rings. The molecule has 0 aliphatic heterocycles. The van der Waals surface area contributed by atoms with Gasteiger partial charge in [0.05, 0.1) is 31.6 Å². The molecular formula is C29H35N5O4S3. The molecule has 1 amide bonds. The second-order valence-electron chi connectivity index (χ2n) is 9.12. The van der Waals surface area contributed by atoms with Gasteiger partial charge in [0.25, 0.3) is 0 Å². The average molecular weight is 614 g/mol. The zero-order chi connectivity index (χ0) is 29.8. The van der Waals surface area contributed by atoms with E-state index in [1.54, 1.807) is 39.0 Å². The highest BCUT2D eigenvalue weighted by Gasteiger charge is 2.22. The molecular weight excluding hydrogens is 579 g/mol. The molecule has 0 saturated heterocycles. The maximum Gasteiger partial charge on any atom is 0.233 e. The fourth-order valence-corrected chi connectivity index (χ4v) is 6.58. The summed E-state index contributed by atoms with van der Waals surface area (Å²) in [6.07, 6.45) is 1.46. The van der Waals surface area contributed by atoms with Crippen molar-refractivity contribution in [1.82, 2.24) is 15.5 Å². The van der Waals surface area contributed by atoms with Gasteiger partial charge in [0.15, 0.2) is 5.17 Å². The number of thioether (sulfide) groups is 2. The normalized spacial score (nSPS) is 12.3. The Morgan fingerprint density at radius 1 is 0.902 bits per heavy atom. The number of ether oxygens (including phenoxy) is 2. The molecule has 0 radical (unpaired) electrons. The number of methoxy groups -OCH3 is 2. The Balaban J connectivity index is 1.34. The van der Waals surface area contributed by atoms with Gasteiger partial charge in [0.1, 0.15) is 27.3 Å². The van der Waals surface area contributed by atoms with Crippen LogP contribution in [-0.4, -0.2) is 57.8 Å². The Hall–Kier alpha value is -3.22. The summed E-state index contributed by atoms with van der Waals surface area (Å²) >= 11 is 4.09. The van der Waals surface area contributed by atoms with Crippen molar-refractivity contribution in [3.05, 3.63) is 69.7 Å². The molecule has 0 spiro atoms. The number of amidine groups is 1. The summed E-state index contributed by atoms with van der Waals surface area (Å²) in [4.78, 5) is 25.4. The molecule has 1 aromatic heterocycles. The molecule has 3 N–H and O–H groups in total. The Kier molecular flexibility index (Phi) is 12.8. The Morgan fingerprint density at radius 2 is 1.49 bits per heavy atom. The fourth-order valence-electron chi connectivity index (χ4n) is 3.97. The number of hydrogen-bond donors (Lipinski definition) is 3. The van der Waals surface area contributed by atoms with E-state index in [2.05, 4.69) is 15.5 Å². The average Bonchev–Trinajstić information content (AvgIpc) is 3.42. The minimum atomic E-state index is -0.494. The zero-order valence-corrected chi connectivity index (χ0v) is 26.0. The van der Waals surface area contributed by atoms with Crippen LogP contribution in [0.3, 0.4) is 0 Å². The second kappa shape index (κ2) is 16.3. The second-order valence-corrected chi connectivity index (χ2v) is 12.6. The van der Waals surface area contributed by atoms with Crippen molar-refractivity contribution in [1.29, 1.82) is 10.8 Å². The van der Waals surface area contributed by atoms with Gasteiger partial charge in [-0.25, -0.2) is 0 Å². The molecule has 1 heterocycles. The number of carbonyl (C=O) groups excluding carboxylic acids is 2. The number of benzene rings is 2. The summed E-state index contributed by atoms with van der Waals surface area (Å²) in [6.45, 7) is 3.64. The first-order valence-electron chi connectivity index (χ1n) is 13.1. The first-order chi connectivity index (χ1) is 19.7. The Bertz CT molecular complexity index is 1360. The van der Waals surface area contributed by atoms with Gasteiger partial charge in [0.2, 0.25) is 5.91 Å². The van der Waals surface area contributed by atoms with E-state index in [-0.39, 0.29) is 29.2 Å². The molecule has 3 aromatic rings. The predicted molar refractivity (Wildman–Crippen MR) is 168 cm³/mol. The number of hydrogen-bond acceptors (Lipinski definition) is 11. The van der Waals surface area contributed by atoms with E-state index in [1.807, 2.05) is 49.4 Å². The molecule has 0 saturated carbocycles. The monoisotopic (exact) mass is 613 g/mol. The van der Waals surface area contributed by atoms with Crippen LogP contribution in [0.1, 0.15) is 53.2 Å². The van der Waals surface area contributed by atoms with Crippen LogP contribution in [0.15, 0.2) is 48.5 Å². The van der Waals surface area contributed by atoms with E-state index in [0.29, 0.717) is 33.7 Å². The van der Waals surface area contributed by atoms with Crippen LogP contribution in [-0.2, 0) is 22.4 Å². The van der Waals surface area contributed by atoms with E-state index < -0.39 is 5.92 Å². The van der Waals surface area contributed by atoms with Gasteiger partial charge in [-0.3, -0.25) is 20.4 Å². The lowest BCUT2D eigenvalue weighted by Crippen LogP contribution is -2.32. The van der Waals surface area contributed by atoms with Crippen molar-refractivity contribution in [3.63, 3.8) is 0 Å². The minimum absolute atomic E-state index is 0.0669. The third-order valence-corrected chi connectivity index (χ3v) is 9.04. The quantitative estimate of drug-likeness (QED) is 0.120. The number of nitrogens with one attached hydrogen (secondary N) is 3. The van der Waals surface area contributed by atoms with Crippen LogP contribution in [0, 0.1) is 10.8 Å². The first-order valence-corrected chi connectivity index (χ1v) is 15.8. The smallest absolute Gasteiger partial charge is 0.233 e. The van der Waals surface area contributed by atoms with E-state index in [1.165, 1.54) is 11.3 Å². The molecule has 41 heavy (non-hydrogen) atoms. The lowest BCUT2D eigenvalue weighted by atomic mass is 9.94. The van der Waals surface area contributed by atoms with Crippen LogP contribution in [0.25, 0.3) is 0 Å². The summed E-state index contributed by atoms with van der Waals surface area (Å²) in [5.74, 6) is 1.80. The van der Waals surface area contributed by atoms with Gasteiger partial charge in [0, 0.05) is 29.9 Å². The van der Waals surface area contributed by atoms with Gasteiger partial charge in [-0.1, -0.05) is 43.3 Å². The summed E-state index contributed by atoms with van der Waals surface area (Å²) in [6, 6.07) is 14.8. The number of carbonyl (C=O) groups is 2. The molecule has 2 unspecified atom stereocenters. The molecule has 3 rings (SSSR count). The fraction of sp³-hybridized carbons (Fsp3) is 0.379. The number of ketones is 1. The van der Waals surface area contributed by atoms with E-state index >= 15 is 0 Å². The highest BCUT2D eigenvalue weighted by Crippen LogP contribution is 2.28. The lowest BCUT2D eigenvalue weighted by molar-refractivity contribution is -0.121. The number of para-hydroxylation sites is 2. The van der Waals surface area contributed by atoms with Crippen LogP contribution in [0.2, 0.25) is 0 Å². The molecule has 0 fully saturated rings. The first kappa shape index (κ1) is 32.3. The third kappa shape index (κ3) is 9.68. The molecule has 9 nitrogen and oxygen atoms in total. The van der Waals surface area contributed by atoms with E-state index in [4.69, 9.17) is 20.3 Å². The standard InChI is InChI=1S/C29H35N5O4S3/c1-18(20-9-5-7-11-23(20)37-3)22(35)17-27-34-33-26(41-27)14-16-39-15-13-25(30)40-29(31)32-28(36)19(2)21-10-6-8-12-24(21)38-4/h5-12,18-19,30H,13-17H2,1-4H3,(H2,31,32,36). The maximum absolute atomic E-state index is 12.8.